The first-order valence-electron chi connectivity index (χ1n) is 6.79. The number of rotatable bonds is 4. The van der Waals surface area contributed by atoms with Gasteiger partial charge in [-0.05, 0) is 12.8 Å². The van der Waals surface area contributed by atoms with E-state index in [4.69, 9.17) is 9.47 Å². The van der Waals surface area contributed by atoms with Crippen molar-refractivity contribution in [2.24, 2.45) is 0 Å². The number of ether oxygens (including phenoxy) is 2. The molecule has 0 aromatic carbocycles. The molecule has 1 amide bonds. The standard InChI is InChI=1S/C13H18N4O3/c1-19-10-6-14-13(15-7-10)17-4-5-20-11(8-17)12(18)16-9-2-3-9/h6-7,9,11H,2-5,8H2,1H3,(H,16,18). The van der Waals surface area contributed by atoms with Crippen molar-refractivity contribution in [2.75, 3.05) is 31.7 Å². The molecule has 1 N–H and O–H groups in total. The van der Waals surface area contributed by atoms with E-state index in [1.807, 2.05) is 4.90 Å². The molecule has 1 aliphatic carbocycles. The van der Waals surface area contributed by atoms with Gasteiger partial charge in [0.1, 0.15) is 0 Å². The minimum absolute atomic E-state index is 0.0364. The summed E-state index contributed by atoms with van der Waals surface area (Å²) in [5.74, 6) is 1.18. The normalized spacial score (nSPS) is 22.4. The van der Waals surface area contributed by atoms with Gasteiger partial charge in [-0.3, -0.25) is 4.79 Å². The molecule has 1 aliphatic heterocycles. The Morgan fingerprint density at radius 1 is 1.45 bits per heavy atom. The number of nitrogens with zero attached hydrogens (tertiary/aromatic N) is 3. The van der Waals surface area contributed by atoms with Crippen LogP contribution in [-0.4, -0.2) is 54.8 Å². The summed E-state index contributed by atoms with van der Waals surface area (Å²) in [5, 5.41) is 2.96. The minimum Gasteiger partial charge on any atom is -0.494 e. The van der Waals surface area contributed by atoms with Crippen molar-refractivity contribution in [3.63, 3.8) is 0 Å². The van der Waals surface area contributed by atoms with Crippen molar-refractivity contribution in [3.05, 3.63) is 12.4 Å². The largest absolute Gasteiger partial charge is 0.494 e. The van der Waals surface area contributed by atoms with Crippen molar-refractivity contribution in [2.45, 2.75) is 25.0 Å². The van der Waals surface area contributed by atoms with Gasteiger partial charge >= 0.3 is 0 Å². The van der Waals surface area contributed by atoms with E-state index in [1.54, 1.807) is 19.5 Å². The topological polar surface area (TPSA) is 76.6 Å². The monoisotopic (exact) mass is 278 g/mol. The second-order valence-electron chi connectivity index (χ2n) is 5.01. The van der Waals surface area contributed by atoms with Gasteiger partial charge in [0.05, 0.1) is 32.7 Å². The molecular weight excluding hydrogens is 260 g/mol. The lowest BCUT2D eigenvalue weighted by Crippen LogP contribution is -2.50. The number of amides is 1. The van der Waals surface area contributed by atoms with Gasteiger partial charge in [-0.15, -0.1) is 0 Å². The molecule has 0 radical (unpaired) electrons. The maximum Gasteiger partial charge on any atom is 0.251 e. The molecule has 2 heterocycles. The van der Waals surface area contributed by atoms with Gasteiger partial charge in [-0.1, -0.05) is 0 Å². The first-order valence-corrected chi connectivity index (χ1v) is 6.79. The molecule has 108 valence electrons. The predicted molar refractivity (Wildman–Crippen MR) is 71.7 cm³/mol. The summed E-state index contributed by atoms with van der Waals surface area (Å²) in [6, 6.07) is 0.346. The predicted octanol–water partition coefficient (Wildman–Crippen LogP) is -0.0310. The van der Waals surface area contributed by atoms with Gasteiger partial charge < -0.3 is 19.7 Å². The number of aromatic nitrogens is 2. The van der Waals surface area contributed by atoms with E-state index in [2.05, 4.69) is 15.3 Å². The molecular formula is C13H18N4O3. The fraction of sp³-hybridized carbons (Fsp3) is 0.615. The van der Waals surface area contributed by atoms with Gasteiger partial charge in [-0.25, -0.2) is 9.97 Å². The Kier molecular flexibility index (Phi) is 3.68. The molecule has 1 saturated heterocycles. The highest BCUT2D eigenvalue weighted by Crippen LogP contribution is 2.20. The van der Waals surface area contributed by atoms with E-state index in [-0.39, 0.29) is 5.91 Å². The quantitative estimate of drug-likeness (QED) is 0.833. The van der Waals surface area contributed by atoms with Crippen LogP contribution >= 0.6 is 0 Å². The number of methoxy groups -OCH3 is 1. The van der Waals surface area contributed by atoms with E-state index in [1.165, 1.54) is 0 Å². The second-order valence-corrected chi connectivity index (χ2v) is 5.01. The van der Waals surface area contributed by atoms with Crippen LogP contribution in [0.4, 0.5) is 5.95 Å². The highest BCUT2D eigenvalue weighted by Gasteiger charge is 2.31. The zero-order valence-electron chi connectivity index (χ0n) is 11.4. The Labute approximate surface area is 117 Å². The summed E-state index contributed by atoms with van der Waals surface area (Å²) < 4.78 is 10.6. The number of anilines is 1. The third-order valence-corrected chi connectivity index (χ3v) is 3.42. The van der Waals surface area contributed by atoms with Crippen molar-refractivity contribution < 1.29 is 14.3 Å². The summed E-state index contributed by atoms with van der Waals surface area (Å²) in [7, 11) is 1.57. The molecule has 1 aromatic heterocycles. The Morgan fingerprint density at radius 3 is 2.85 bits per heavy atom. The summed E-state index contributed by atoms with van der Waals surface area (Å²) >= 11 is 0. The highest BCUT2D eigenvalue weighted by atomic mass is 16.5. The third-order valence-electron chi connectivity index (χ3n) is 3.42. The summed E-state index contributed by atoms with van der Waals surface area (Å²) in [5.41, 5.74) is 0. The van der Waals surface area contributed by atoms with Crippen LogP contribution in [0.25, 0.3) is 0 Å². The van der Waals surface area contributed by atoms with Crippen LogP contribution in [0.1, 0.15) is 12.8 Å². The van der Waals surface area contributed by atoms with Gasteiger partial charge in [0.2, 0.25) is 5.95 Å². The smallest absolute Gasteiger partial charge is 0.251 e. The lowest BCUT2D eigenvalue weighted by atomic mass is 10.2. The summed E-state index contributed by atoms with van der Waals surface area (Å²) in [6.07, 6.45) is 4.94. The summed E-state index contributed by atoms with van der Waals surface area (Å²) in [6.45, 7) is 1.66. The average molecular weight is 278 g/mol. The molecule has 1 atom stereocenters. The first-order chi connectivity index (χ1) is 9.76. The van der Waals surface area contributed by atoms with Crippen LogP contribution in [-0.2, 0) is 9.53 Å². The molecule has 1 unspecified atom stereocenters. The molecule has 7 nitrogen and oxygen atoms in total. The molecule has 20 heavy (non-hydrogen) atoms. The fourth-order valence-electron chi connectivity index (χ4n) is 2.09. The number of hydrogen-bond acceptors (Lipinski definition) is 6. The molecule has 2 fully saturated rings. The third kappa shape index (κ3) is 2.98. The number of carbonyl (C=O) groups excluding carboxylic acids is 1. The molecule has 1 saturated carbocycles. The van der Waals surface area contributed by atoms with E-state index in [0.717, 1.165) is 12.8 Å². The maximum atomic E-state index is 12.0. The number of carbonyl (C=O) groups is 1. The fourth-order valence-corrected chi connectivity index (χ4v) is 2.09. The van der Waals surface area contributed by atoms with Crippen LogP contribution in [0.3, 0.4) is 0 Å². The van der Waals surface area contributed by atoms with Crippen molar-refractivity contribution in [3.8, 4) is 5.75 Å². The average Bonchev–Trinajstić information content (AvgIpc) is 3.31. The van der Waals surface area contributed by atoms with Gasteiger partial charge in [0.15, 0.2) is 11.9 Å². The van der Waals surface area contributed by atoms with Crippen molar-refractivity contribution >= 4 is 11.9 Å². The Bertz CT molecular complexity index is 475. The van der Waals surface area contributed by atoms with E-state index < -0.39 is 6.10 Å². The van der Waals surface area contributed by atoms with Gasteiger partial charge in [0, 0.05) is 12.6 Å². The number of morpholine rings is 1. The molecule has 0 bridgehead atoms. The lowest BCUT2D eigenvalue weighted by Gasteiger charge is -2.32. The van der Waals surface area contributed by atoms with Crippen LogP contribution in [0.5, 0.6) is 5.75 Å². The molecule has 2 aliphatic rings. The first kappa shape index (κ1) is 13.1. The van der Waals surface area contributed by atoms with E-state index >= 15 is 0 Å². The second kappa shape index (κ2) is 5.62. The van der Waals surface area contributed by atoms with Gasteiger partial charge in [0.25, 0.3) is 5.91 Å². The zero-order chi connectivity index (χ0) is 13.9. The Morgan fingerprint density at radius 2 is 2.20 bits per heavy atom. The molecule has 3 rings (SSSR count). The minimum atomic E-state index is -0.449. The molecule has 0 spiro atoms. The van der Waals surface area contributed by atoms with E-state index in [0.29, 0.717) is 37.4 Å². The van der Waals surface area contributed by atoms with Gasteiger partial charge in [-0.2, -0.15) is 0 Å². The van der Waals surface area contributed by atoms with Crippen LogP contribution < -0.4 is 15.0 Å². The zero-order valence-corrected chi connectivity index (χ0v) is 11.4. The highest BCUT2D eigenvalue weighted by molar-refractivity contribution is 5.82. The van der Waals surface area contributed by atoms with Crippen molar-refractivity contribution in [1.29, 1.82) is 0 Å². The summed E-state index contributed by atoms with van der Waals surface area (Å²) in [4.78, 5) is 22.4. The van der Waals surface area contributed by atoms with Crippen molar-refractivity contribution in [1.82, 2.24) is 15.3 Å². The van der Waals surface area contributed by atoms with E-state index in [9.17, 15) is 4.79 Å². The SMILES string of the molecule is COc1cnc(N2CCOC(C(=O)NC3CC3)C2)nc1. The number of hydrogen-bond donors (Lipinski definition) is 1. The molecule has 1 aromatic rings. The number of nitrogens with one attached hydrogen (secondary N) is 1. The Hall–Kier alpha value is -1.89. The van der Waals surface area contributed by atoms with Crippen LogP contribution in [0.2, 0.25) is 0 Å². The lowest BCUT2D eigenvalue weighted by molar-refractivity contribution is -0.133. The van der Waals surface area contributed by atoms with Crippen LogP contribution in [0.15, 0.2) is 12.4 Å². The molecule has 7 heteroatoms. The maximum absolute atomic E-state index is 12.0. The Balaban J connectivity index is 1.62. The van der Waals surface area contributed by atoms with Crippen LogP contribution in [0, 0.1) is 0 Å².